The van der Waals surface area contributed by atoms with Gasteiger partial charge in [-0.1, -0.05) is 13.8 Å². The number of pyridine rings is 1. The van der Waals surface area contributed by atoms with E-state index in [4.69, 9.17) is 4.74 Å². The van der Waals surface area contributed by atoms with E-state index in [9.17, 15) is 8.78 Å². The number of ether oxygens (including phenoxy) is 1. The lowest BCUT2D eigenvalue weighted by molar-refractivity contribution is 0.0990. The molecule has 1 unspecified atom stereocenters. The van der Waals surface area contributed by atoms with E-state index in [0.717, 1.165) is 6.42 Å². The van der Waals surface area contributed by atoms with Gasteiger partial charge in [-0.05, 0) is 24.6 Å². The normalized spacial score (nSPS) is 12.8. The molecular formula is C12H18F2N2O. The fourth-order valence-corrected chi connectivity index (χ4v) is 1.48. The van der Waals surface area contributed by atoms with Crippen molar-refractivity contribution in [3.8, 4) is 5.75 Å². The predicted octanol–water partition coefficient (Wildman–Crippen LogP) is 2.79. The lowest BCUT2D eigenvalue weighted by Gasteiger charge is -2.17. The molecule has 0 bridgehead atoms. The molecule has 0 aromatic carbocycles. The molecule has 1 N–H and O–H groups in total. The minimum Gasteiger partial charge on any atom is -0.492 e. The van der Waals surface area contributed by atoms with Gasteiger partial charge in [0.05, 0.1) is 18.8 Å². The van der Waals surface area contributed by atoms with Crippen molar-refractivity contribution >= 4 is 0 Å². The fourth-order valence-electron chi connectivity index (χ4n) is 1.48. The number of rotatable bonds is 7. The monoisotopic (exact) mass is 244 g/mol. The van der Waals surface area contributed by atoms with Gasteiger partial charge in [0.15, 0.2) is 0 Å². The van der Waals surface area contributed by atoms with Crippen LogP contribution < -0.4 is 10.1 Å². The van der Waals surface area contributed by atoms with Gasteiger partial charge in [0.1, 0.15) is 5.75 Å². The average molecular weight is 244 g/mol. The second-order valence-electron chi connectivity index (χ2n) is 3.67. The summed E-state index contributed by atoms with van der Waals surface area (Å²) in [6, 6.07) is 0.625. The highest BCUT2D eigenvalue weighted by molar-refractivity contribution is 5.26. The average Bonchev–Trinajstić information content (AvgIpc) is 2.33. The van der Waals surface area contributed by atoms with Crippen molar-refractivity contribution in [3.63, 3.8) is 0 Å². The number of nitrogens with zero attached hydrogens (tertiary/aromatic N) is 1. The summed E-state index contributed by atoms with van der Waals surface area (Å²) in [4.78, 5) is 3.92. The molecule has 1 heterocycles. The van der Waals surface area contributed by atoms with Crippen LogP contribution in [0.4, 0.5) is 8.78 Å². The first-order valence-corrected chi connectivity index (χ1v) is 5.78. The molecule has 0 amide bonds. The van der Waals surface area contributed by atoms with Crippen LogP contribution in [0.25, 0.3) is 0 Å². The first-order chi connectivity index (χ1) is 8.19. The highest BCUT2D eigenvalue weighted by Crippen LogP contribution is 2.23. The lowest BCUT2D eigenvalue weighted by atomic mass is 10.1. The van der Waals surface area contributed by atoms with Gasteiger partial charge in [0, 0.05) is 6.20 Å². The van der Waals surface area contributed by atoms with Crippen molar-refractivity contribution < 1.29 is 13.5 Å². The van der Waals surface area contributed by atoms with Crippen LogP contribution in [0.5, 0.6) is 5.75 Å². The Hall–Kier alpha value is -1.23. The third-order valence-corrected chi connectivity index (χ3v) is 2.24. The molecule has 1 aromatic rings. The highest BCUT2D eigenvalue weighted by atomic mass is 19.3. The van der Waals surface area contributed by atoms with Gasteiger partial charge in [0.2, 0.25) is 0 Å². The Labute approximate surface area is 100 Å². The number of aromatic nitrogens is 1. The van der Waals surface area contributed by atoms with Crippen LogP contribution in [0.3, 0.4) is 0 Å². The quantitative estimate of drug-likeness (QED) is 0.800. The molecule has 1 aromatic heterocycles. The van der Waals surface area contributed by atoms with E-state index in [-0.39, 0.29) is 0 Å². The third-order valence-electron chi connectivity index (χ3n) is 2.24. The van der Waals surface area contributed by atoms with Crippen LogP contribution >= 0.6 is 0 Å². The first kappa shape index (κ1) is 13.8. The van der Waals surface area contributed by atoms with Crippen molar-refractivity contribution in [2.45, 2.75) is 32.7 Å². The lowest BCUT2D eigenvalue weighted by Crippen LogP contribution is -2.27. The number of halogens is 2. The number of nitrogens with one attached hydrogen (secondary N) is 1. The fraction of sp³-hybridized carbons (Fsp3) is 0.583. The third kappa shape index (κ3) is 4.26. The summed E-state index contributed by atoms with van der Waals surface area (Å²) in [5, 5.41) is 2.74. The van der Waals surface area contributed by atoms with E-state index in [1.54, 1.807) is 13.0 Å². The minimum atomic E-state index is -2.46. The summed E-state index contributed by atoms with van der Waals surface area (Å²) in [6.45, 7) is 4.82. The van der Waals surface area contributed by atoms with Crippen molar-refractivity contribution in [1.82, 2.24) is 10.3 Å². The summed E-state index contributed by atoms with van der Waals surface area (Å²) < 4.78 is 31.0. The Kier molecular flexibility index (Phi) is 5.83. The molecule has 0 saturated carbocycles. The maximum absolute atomic E-state index is 12.8. The molecule has 1 rings (SSSR count). The van der Waals surface area contributed by atoms with Gasteiger partial charge in [-0.15, -0.1) is 0 Å². The number of hydrogen-bond donors (Lipinski definition) is 1. The van der Waals surface area contributed by atoms with Gasteiger partial charge in [-0.2, -0.15) is 0 Å². The van der Waals surface area contributed by atoms with E-state index in [0.29, 0.717) is 24.5 Å². The first-order valence-electron chi connectivity index (χ1n) is 5.78. The van der Waals surface area contributed by atoms with Crippen molar-refractivity contribution in [3.05, 3.63) is 24.0 Å². The Bertz CT molecular complexity index is 334. The largest absolute Gasteiger partial charge is 0.492 e. The van der Waals surface area contributed by atoms with Gasteiger partial charge < -0.3 is 10.1 Å². The topological polar surface area (TPSA) is 34.1 Å². The van der Waals surface area contributed by atoms with Crippen LogP contribution in [0.1, 0.15) is 31.9 Å². The Balaban J connectivity index is 2.80. The van der Waals surface area contributed by atoms with Crippen molar-refractivity contribution in [1.29, 1.82) is 0 Å². The molecule has 0 spiro atoms. The maximum atomic E-state index is 12.8. The maximum Gasteiger partial charge on any atom is 0.257 e. The molecule has 0 fully saturated rings. The number of alkyl halides is 2. The van der Waals surface area contributed by atoms with E-state index in [1.165, 1.54) is 12.4 Å². The second-order valence-corrected chi connectivity index (χ2v) is 3.67. The van der Waals surface area contributed by atoms with Crippen molar-refractivity contribution in [2.24, 2.45) is 0 Å². The molecule has 0 aliphatic heterocycles. The van der Waals surface area contributed by atoms with Crippen LogP contribution in [0.15, 0.2) is 18.5 Å². The summed E-state index contributed by atoms with van der Waals surface area (Å²) in [5.74, 6) is 0.535. The molecule has 17 heavy (non-hydrogen) atoms. The van der Waals surface area contributed by atoms with Crippen LogP contribution in [0.2, 0.25) is 0 Å². The molecule has 0 saturated heterocycles. The van der Waals surface area contributed by atoms with Crippen LogP contribution in [-0.2, 0) is 0 Å². The van der Waals surface area contributed by atoms with E-state index in [1.807, 2.05) is 6.92 Å². The summed E-state index contributed by atoms with van der Waals surface area (Å²) >= 11 is 0. The Morgan fingerprint density at radius 3 is 2.71 bits per heavy atom. The van der Waals surface area contributed by atoms with Gasteiger partial charge >= 0.3 is 0 Å². The number of hydrogen-bond acceptors (Lipinski definition) is 3. The summed E-state index contributed by atoms with van der Waals surface area (Å²) in [6.07, 6.45) is 1.39. The molecule has 0 aliphatic carbocycles. The Morgan fingerprint density at radius 2 is 2.12 bits per heavy atom. The SMILES string of the molecule is CCCOc1cncc(C(NCC)C(F)F)c1. The van der Waals surface area contributed by atoms with Gasteiger partial charge in [-0.3, -0.25) is 4.98 Å². The molecule has 0 radical (unpaired) electrons. The van der Waals surface area contributed by atoms with Crippen LogP contribution in [0, 0.1) is 0 Å². The highest BCUT2D eigenvalue weighted by Gasteiger charge is 2.21. The minimum absolute atomic E-state index is 0.454. The summed E-state index contributed by atoms with van der Waals surface area (Å²) in [7, 11) is 0. The molecule has 0 aliphatic rings. The van der Waals surface area contributed by atoms with E-state index < -0.39 is 12.5 Å². The zero-order chi connectivity index (χ0) is 12.7. The molecule has 3 nitrogen and oxygen atoms in total. The zero-order valence-corrected chi connectivity index (χ0v) is 10.1. The second kappa shape index (κ2) is 7.17. The predicted molar refractivity (Wildman–Crippen MR) is 62.4 cm³/mol. The molecule has 96 valence electrons. The standard InChI is InChI=1S/C12H18F2N2O/c1-3-5-17-10-6-9(7-15-8-10)11(12(13)14)16-4-2/h6-8,11-12,16H,3-5H2,1-2H3. The zero-order valence-electron chi connectivity index (χ0n) is 10.1. The van der Waals surface area contributed by atoms with E-state index in [2.05, 4.69) is 10.3 Å². The van der Waals surface area contributed by atoms with Crippen molar-refractivity contribution in [2.75, 3.05) is 13.2 Å². The molecular weight excluding hydrogens is 226 g/mol. The van der Waals surface area contributed by atoms with Gasteiger partial charge in [0.25, 0.3) is 6.43 Å². The van der Waals surface area contributed by atoms with E-state index >= 15 is 0 Å². The molecule has 1 atom stereocenters. The Morgan fingerprint density at radius 1 is 1.35 bits per heavy atom. The smallest absolute Gasteiger partial charge is 0.257 e. The van der Waals surface area contributed by atoms with Gasteiger partial charge in [-0.25, -0.2) is 8.78 Å². The molecule has 5 heteroatoms. The summed E-state index contributed by atoms with van der Waals surface area (Å²) in [5.41, 5.74) is 0.454. The van der Waals surface area contributed by atoms with Crippen LogP contribution in [-0.4, -0.2) is 24.6 Å².